The zero-order valence-corrected chi connectivity index (χ0v) is 6.87. The van der Waals surface area contributed by atoms with E-state index in [1.807, 2.05) is 20.8 Å². The van der Waals surface area contributed by atoms with Gasteiger partial charge in [-0.1, -0.05) is 19.0 Å². The Morgan fingerprint density at radius 3 is 2.50 bits per heavy atom. The van der Waals surface area contributed by atoms with Crippen molar-refractivity contribution in [1.82, 2.24) is 0 Å². The number of nitrogens with zero attached hydrogens (tertiary/aromatic N) is 1. The van der Waals surface area contributed by atoms with Crippen LogP contribution >= 0.6 is 0 Å². The minimum Gasteiger partial charge on any atom is -0.392 e. The van der Waals surface area contributed by atoms with Crippen molar-refractivity contribution in [2.75, 3.05) is 6.54 Å². The predicted octanol–water partition coefficient (Wildman–Crippen LogP) is 0.992. The molecule has 0 aromatic rings. The Kier molecular flexibility index (Phi) is 4.94. The number of hydrogen-bond acceptors (Lipinski definition) is 3. The average molecular weight is 144 g/mol. The van der Waals surface area contributed by atoms with Crippen molar-refractivity contribution < 1.29 is 4.84 Å². The molecule has 1 unspecified atom stereocenters. The molecular formula is C7H16N2O. The fourth-order valence-corrected chi connectivity index (χ4v) is 0.304. The normalized spacial score (nSPS) is 14.5. The van der Waals surface area contributed by atoms with Gasteiger partial charge in [-0.2, -0.15) is 0 Å². The van der Waals surface area contributed by atoms with E-state index in [4.69, 9.17) is 10.6 Å². The highest BCUT2D eigenvalue weighted by atomic mass is 16.6. The first-order valence-corrected chi connectivity index (χ1v) is 3.56. The summed E-state index contributed by atoms with van der Waals surface area (Å²) in [7, 11) is 0. The predicted molar refractivity (Wildman–Crippen MR) is 42.9 cm³/mol. The molecule has 0 heterocycles. The Hall–Kier alpha value is -0.570. The van der Waals surface area contributed by atoms with Gasteiger partial charge in [-0.3, -0.25) is 0 Å². The maximum absolute atomic E-state index is 5.29. The summed E-state index contributed by atoms with van der Waals surface area (Å²) < 4.78 is 0. The van der Waals surface area contributed by atoms with Gasteiger partial charge in [-0.05, 0) is 12.8 Å². The second kappa shape index (κ2) is 5.23. The second-order valence-corrected chi connectivity index (χ2v) is 2.65. The van der Waals surface area contributed by atoms with E-state index in [0.29, 0.717) is 12.5 Å². The van der Waals surface area contributed by atoms with Gasteiger partial charge in [-0.25, -0.2) is 0 Å². The molecule has 3 heteroatoms. The lowest BCUT2D eigenvalue weighted by molar-refractivity contribution is 0.0790. The Balaban J connectivity index is 3.33. The van der Waals surface area contributed by atoms with E-state index in [9.17, 15) is 0 Å². The quantitative estimate of drug-likeness (QED) is 0.472. The molecule has 0 saturated heterocycles. The molecular weight excluding hydrogens is 128 g/mol. The van der Waals surface area contributed by atoms with Crippen molar-refractivity contribution >= 4 is 6.21 Å². The van der Waals surface area contributed by atoms with E-state index in [1.165, 1.54) is 0 Å². The van der Waals surface area contributed by atoms with Crippen molar-refractivity contribution in [2.24, 2.45) is 16.8 Å². The number of rotatable bonds is 4. The van der Waals surface area contributed by atoms with Crippen LogP contribution in [0.1, 0.15) is 20.8 Å². The molecule has 60 valence electrons. The molecule has 0 rings (SSSR count). The summed E-state index contributed by atoms with van der Waals surface area (Å²) in [5, 5.41) is 3.74. The minimum atomic E-state index is 0.0231. The maximum Gasteiger partial charge on any atom is 0.136 e. The van der Waals surface area contributed by atoms with Gasteiger partial charge >= 0.3 is 0 Å². The number of oxime groups is 1. The summed E-state index contributed by atoms with van der Waals surface area (Å²) in [5.74, 6) is 0.435. The zero-order valence-electron chi connectivity index (χ0n) is 6.87. The Morgan fingerprint density at radius 2 is 2.10 bits per heavy atom. The molecule has 0 aromatic carbocycles. The number of hydrogen-bond donors (Lipinski definition) is 1. The van der Waals surface area contributed by atoms with Gasteiger partial charge in [-0.15, -0.1) is 0 Å². The summed E-state index contributed by atoms with van der Waals surface area (Å²) in [6.07, 6.45) is 1.78. The Morgan fingerprint density at radius 1 is 1.50 bits per heavy atom. The summed E-state index contributed by atoms with van der Waals surface area (Å²) in [4.78, 5) is 4.95. The van der Waals surface area contributed by atoms with Crippen LogP contribution in [0.2, 0.25) is 0 Å². The van der Waals surface area contributed by atoms with Crippen molar-refractivity contribution in [3.8, 4) is 0 Å². The van der Waals surface area contributed by atoms with Crippen molar-refractivity contribution in [2.45, 2.75) is 26.9 Å². The molecule has 0 aromatic heterocycles. The van der Waals surface area contributed by atoms with Crippen LogP contribution in [0.3, 0.4) is 0 Å². The van der Waals surface area contributed by atoms with Gasteiger partial charge in [0.2, 0.25) is 0 Å². The highest BCUT2D eigenvalue weighted by molar-refractivity contribution is 5.58. The van der Waals surface area contributed by atoms with E-state index in [0.717, 1.165) is 0 Å². The summed E-state index contributed by atoms with van der Waals surface area (Å²) >= 11 is 0. The van der Waals surface area contributed by atoms with Crippen LogP contribution < -0.4 is 5.73 Å². The second-order valence-electron chi connectivity index (χ2n) is 2.65. The van der Waals surface area contributed by atoms with Crippen LogP contribution in [0, 0.1) is 5.92 Å². The Bertz CT molecular complexity index is 102. The van der Waals surface area contributed by atoms with Gasteiger partial charge in [0.15, 0.2) is 0 Å². The fraction of sp³-hybridized carbons (Fsp3) is 0.857. The summed E-state index contributed by atoms with van der Waals surface area (Å²) in [6, 6.07) is 0. The third-order valence-electron chi connectivity index (χ3n) is 0.932. The van der Waals surface area contributed by atoms with Gasteiger partial charge in [0.1, 0.15) is 6.10 Å². The molecule has 0 radical (unpaired) electrons. The van der Waals surface area contributed by atoms with Crippen LogP contribution in [-0.4, -0.2) is 18.9 Å². The van der Waals surface area contributed by atoms with Gasteiger partial charge in [0.25, 0.3) is 0 Å². The molecule has 2 N–H and O–H groups in total. The third-order valence-corrected chi connectivity index (χ3v) is 0.932. The van der Waals surface area contributed by atoms with Gasteiger partial charge < -0.3 is 10.6 Å². The van der Waals surface area contributed by atoms with E-state index in [-0.39, 0.29) is 6.10 Å². The first-order valence-electron chi connectivity index (χ1n) is 3.56. The monoisotopic (exact) mass is 144 g/mol. The fourth-order valence-electron chi connectivity index (χ4n) is 0.304. The Labute approximate surface area is 62.2 Å². The molecule has 0 aliphatic carbocycles. The highest BCUT2D eigenvalue weighted by Gasteiger charge is 1.94. The maximum atomic E-state index is 5.29. The third kappa shape index (κ3) is 5.56. The molecule has 0 aliphatic rings. The van der Waals surface area contributed by atoms with Crippen molar-refractivity contribution in [3.05, 3.63) is 0 Å². The SMILES string of the molecule is CC(C)/C=N\OC(C)CN. The van der Waals surface area contributed by atoms with Gasteiger partial charge in [0.05, 0.1) is 0 Å². The van der Waals surface area contributed by atoms with Crippen LogP contribution in [0.15, 0.2) is 5.16 Å². The van der Waals surface area contributed by atoms with Gasteiger partial charge in [0, 0.05) is 12.8 Å². The number of nitrogens with two attached hydrogens (primary N) is 1. The standard InChI is InChI=1S/C7H16N2O/c1-6(2)5-9-10-7(3)4-8/h5-7H,4,8H2,1-3H3/b9-5-. The zero-order chi connectivity index (χ0) is 7.98. The summed E-state index contributed by atoms with van der Waals surface area (Å²) in [6.45, 7) is 6.48. The lowest BCUT2D eigenvalue weighted by Crippen LogP contribution is -2.17. The topological polar surface area (TPSA) is 47.6 Å². The van der Waals surface area contributed by atoms with Crippen molar-refractivity contribution in [3.63, 3.8) is 0 Å². The van der Waals surface area contributed by atoms with Crippen LogP contribution in [-0.2, 0) is 4.84 Å². The molecule has 0 spiro atoms. The van der Waals surface area contributed by atoms with E-state index >= 15 is 0 Å². The smallest absolute Gasteiger partial charge is 0.136 e. The first-order chi connectivity index (χ1) is 4.66. The molecule has 0 bridgehead atoms. The van der Waals surface area contributed by atoms with Crippen molar-refractivity contribution in [1.29, 1.82) is 0 Å². The summed E-state index contributed by atoms with van der Waals surface area (Å²) in [5.41, 5.74) is 5.29. The molecule has 3 nitrogen and oxygen atoms in total. The van der Waals surface area contributed by atoms with Crippen LogP contribution in [0.25, 0.3) is 0 Å². The van der Waals surface area contributed by atoms with Crippen LogP contribution in [0.4, 0.5) is 0 Å². The van der Waals surface area contributed by atoms with Crippen LogP contribution in [0.5, 0.6) is 0 Å². The van der Waals surface area contributed by atoms with E-state index in [1.54, 1.807) is 6.21 Å². The van der Waals surface area contributed by atoms with E-state index in [2.05, 4.69) is 5.16 Å². The average Bonchev–Trinajstić information content (AvgIpc) is 1.87. The largest absolute Gasteiger partial charge is 0.392 e. The molecule has 10 heavy (non-hydrogen) atoms. The highest BCUT2D eigenvalue weighted by Crippen LogP contribution is 1.90. The van der Waals surface area contributed by atoms with E-state index < -0.39 is 0 Å². The molecule has 0 aliphatic heterocycles. The first kappa shape index (κ1) is 9.43. The minimum absolute atomic E-state index is 0.0231. The molecule has 0 saturated carbocycles. The lowest BCUT2D eigenvalue weighted by Gasteiger charge is -2.04. The lowest BCUT2D eigenvalue weighted by atomic mass is 10.3. The molecule has 0 amide bonds. The molecule has 0 fully saturated rings. The molecule has 1 atom stereocenters.